The predicted octanol–water partition coefficient (Wildman–Crippen LogP) is 1.42. The summed E-state index contributed by atoms with van der Waals surface area (Å²) < 4.78 is 4.98. The largest absolute Gasteiger partial charge is 0.466 e. The van der Waals surface area contributed by atoms with Gasteiger partial charge in [-0.1, -0.05) is 19.0 Å². The Kier molecular flexibility index (Phi) is 3.13. The number of esters is 1. The first kappa shape index (κ1) is 13.3. The fourth-order valence-electron chi connectivity index (χ4n) is 3.53. The van der Waals surface area contributed by atoms with Crippen LogP contribution >= 0.6 is 0 Å². The molecule has 0 bridgehead atoms. The van der Waals surface area contributed by atoms with Crippen molar-refractivity contribution in [2.24, 2.45) is 11.1 Å². The lowest BCUT2D eigenvalue weighted by atomic mass is 9.74. The van der Waals surface area contributed by atoms with E-state index < -0.39 is 11.1 Å². The summed E-state index contributed by atoms with van der Waals surface area (Å²) in [5.41, 5.74) is -0.450. The van der Waals surface area contributed by atoms with Gasteiger partial charge >= 0.3 is 5.97 Å². The minimum Gasteiger partial charge on any atom is -0.466 e. The topological polar surface area (TPSA) is 51.1 Å². The van der Waals surface area contributed by atoms with Gasteiger partial charge in [-0.3, -0.25) is 4.90 Å². The molecular weight excluding hydrogens is 232 g/mol. The molecule has 2 atom stereocenters. The molecule has 102 valence electrons. The van der Waals surface area contributed by atoms with Crippen molar-refractivity contribution < 1.29 is 14.4 Å². The van der Waals surface area contributed by atoms with E-state index >= 15 is 0 Å². The average Bonchev–Trinajstić information content (AvgIpc) is 2.82. The van der Waals surface area contributed by atoms with E-state index in [0.29, 0.717) is 6.42 Å². The molecule has 1 aliphatic carbocycles. The zero-order valence-electron chi connectivity index (χ0n) is 11.8. The Morgan fingerprint density at radius 3 is 2.61 bits per heavy atom. The van der Waals surface area contributed by atoms with Gasteiger partial charge in [0.1, 0.15) is 5.54 Å². The Morgan fingerprint density at radius 1 is 1.44 bits per heavy atom. The van der Waals surface area contributed by atoms with E-state index in [4.69, 9.17) is 9.57 Å². The highest BCUT2D eigenvalue weighted by atomic mass is 16.7. The highest BCUT2D eigenvalue weighted by Crippen LogP contribution is 2.51. The van der Waals surface area contributed by atoms with Crippen molar-refractivity contribution in [3.8, 4) is 0 Å². The summed E-state index contributed by atoms with van der Waals surface area (Å²) in [5.74, 6) is -0.0647. The molecule has 0 spiro atoms. The van der Waals surface area contributed by atoms with Crippen LogP contribution in [0.15, 0.2) is 5.16 Å². The highest BCUT2D eigenvalue weighted by molar-refractivity contribution is 6.04. The van der Waals surface area contributed by atoms with Gasteiger partial charge in [-0.25, -0.2) is 4.79 Å². The van der Waals surface area contributed by atoms with Crippen LogP contribution in [0, 0.1) is 5.92 Å². The van der Waals surface area contributed by atoms with E-state index in [-0.39, 0.29) is 11.9 Å². The predicted molar refractivity (Wildman–Crippen MR) is 68.4 cm³/mol. The average molecular weight is 254 g/mol. The van der Waals surface area contributed by atoms with Crippen LogP contribution < -0.4 is 0 Å². The molecule has 0 aromatic carbocycles. The van der Waals surface area contributed by atoms with Gasteiger partial charge in [0.25, 0.3) is 5.60 Å². The molecule has 0 aromatic rings. The summed E-state index contributed by atoms with van der Waals surface area (Å²) in [4.78, 5) is 19.9. The SMILES string of the molecule is COC(=O)C12CCCC1(N(C)C)C(C(C)C)=NO2. The zero-order chi connectivity index (χ0) is 13.6. The van der Waals surface area contributed by atoms with Gasteiger partial charge in [-0.05, 0) is 32.9 Å². The van der Waals surface area contributed by atoms with E-state index in [1.165, 1.54) is 7.11 Å². The van der Waals surface area contributed by atoms with Gasteiger partial charge in [0.15, 0.2) is 0 Å². The molecular formula is C13H22N2O3. The maximum Gasteiger partial charge on any atom is 0.355 e. The summed E-state index contributed by atoms with van der Waals surface area (Å²) in [6, 6.07) is 0. The molecule has 1 saturated carbocycles. The van der Waals surface area contributed by atoms with Crippen molar-refractivity contribution in [1.29, 1.82) is 0 Å². The molecule has 0 saturated heterocycles. The van der Waals surface area contributed by atoms with Crippen molar-refractivity contribution in [3.05, 3.63) is 0 Å². The first-order valence-corrected chi connectivity index (χ1v) is 6.45. The summed E-state index contributed by atoms with van der Waals surface area (Å²) in [7, 11) is 5.37. The standard InChI is InChI=1S/C13H22N2O3/c1-9(2)10-12(15(3)4)7-6-8-13(12,18-14-10)11(16)17-5/h9H,6-8H2,1-5H3. The number of hydrogen-bond donors (Lipinski definition) is 0. The van der Waals surface area contributed by atoms with Gasteiger partial charge in [-0.2, -0.15) is 0 Å². The molecule has 1 fully saturated rings. The number of rotatable bonds is 3. The van der Waals surface area contributed by atoms with E-state index in [9.17, 15) is 4.79 Å². The van der Waals surface area contributed by atoms with Crippen LogP contribution in [0.5, 0.6) is 0 Å². The molecule has 1 heterocycles. The maximum atomic E-state index is 12.2. The minimum absolute atomic E-state index is 0.247. The number of likely N-dealkylation sites (N-methyl/N-ethyl adjacent to an activating group) is 1. The third kappa shape index (κ3) is 1.37. The van der Waals surface area contributed by atoms with Crippen LogP contribution in [-0.4, -0.2) is 48.9 Å². The lowest BCUT2D eigenvalue weighted by Gasteiger charge is -2.42. The third-order valence-electron chi connectivity index (χ3n) is 4.28. The summed E-state index contributed by atoms with van der Waals surface area (Å²) in [6.45, 7) is 4.16. The molecule has 5 nitrogen and oxygen atoms in total. The number of methoxy groups -OCH3 is 1. The molecule has 0 amide bonds. The van der Waals surface area contributed by atoms with E-state index in [0.717, 1.165) is 18.6 Å². The van der Waals surface area contributed by atoms with Crippen LogP contribution in [-0.2, 0) is 14.4 Å². The molecule has 18 heavy (non-hydrogen) atoms. The number of carbonyl (C=O) groups is 1. The number of hydrogen-bond acceptors (Lipinski definition) is 5. The van der Waals surface area contributed by atoms with Crippen LogP contribution in [0.4, 0.5) is 0 Å². The van der Waals surface area contributed by atoms with Gasteiger partial charge in [0.2, 0.25) is 0 Å². The summed E-state index contributed by atoms with van der Waals surface area (Å²) in [6.07, 6.45) is 2.49. The lowest BCUT2D eigenvalue weighted by Crippen LogP contribution is -2.65. The number of fused-ring (bicyclic) bond motifs is 1. The molecule has 5 heteroatoms. The Bertz CT molecular complexity index is 392. The fraction of sp³-hybridized carbons (Fsp3) is 0.846. The second kappa shape index (κ2) is 4.23. The van der Waals surface area contributed by atoms with Crippen molar-refractivity contribution in [1.82, 2.24) is 4.90 Å². The smallest absolute Gasteiger partial charge is 0.355 e. The second-order valence-electron chi connectivity index (χ2n) is 5.65. The van der Waals surface area contributed by atoms with E-state index in [2.05, 4.69) is 23.9 Å². The summed E-state index contributed by atoms with van der Waals surface area (Å²) in [5, 5.41) is 4.23. The quantitative estimate of drug-likeness (QED) is 0.715. The first-order valence-electron chi connectivity index (χ1n) is 6.45. The number of ether oxygens (including phenoxy) is 1. The fourth-order valence-corrected chi connectivity index (χ4v) is 3.53. The molecule has 2 unspecified atom stereocenters. The van der Waals surface area contributed by atoms with Gasteiger partial charge < -0.3 is 9.57 Å². The summed E-state index contributed by atoms with van der Waals surface area (Å²) >= 11 is 0. The van der Waals surface area contributed by atoms with Gasteiger partial charge in [0.05, 0.1) is 12.8 Å². The van der Waals surface area contributed by atoms with Crippen LogP contribution in [0.1, 0.15) is 33.1 Å². The Hall–Kier alpha value is -1.10. The van der Waals surface area contributed by atoms with Crippen LogP contribution in [0.25, 0.3) is 0 Å². The van der Waals surface area contributed by atoms with Crippen molar-refractivity contribution in [3.63, 3.8) is 0 Å². The molecule has 2 aliphatic rings. The van der Waals surface area contributed by atoms with E-state index in [1.807, 2.05) is 14.1 Å². The number of nitrogens with zero attached hydrogens (tertiary/aromatic N) is 2. The molecule has 1 aliphatic heterocycles. The Balaban J connectivity index is 2.53. The van der Waals surface area contributed by atoms with Crippen molar-refractivity contribution >= 4 is 11.7 Å². The first-order chi connectivity index (χ1) is 8.42. The van der Waals surface area contributed by atoms with Crippen molar-refractivity contribution in [2.45, 2.75) is 44.2 Å². The lowest BCUT2D eigenvalue weighted by molar-refractivity contribution is -0.175. The molecule has 0 radical (unpaired) electrons. The highest BCUT2D eigenvalue weighted by Gasteiger charge is 2.70. The molecule has 0 aromatic heterocycles. The number of carbonyl (C=O) groups excluding carboxylic acids is 1. The number of oxime groups is 1. The Morgan fingerprint density at radius 2 is 2.11 bits per heavy atom. The molecule has 0 N–H and O–H groups in total. The third-order valence-corrected chi connectivity index (χ3v) is 4.28. The molecule has 2 rings (SSSR count). The minimum atomic E-state index is -0.954. The van der Waals surface area contributed by atoms with Gasteiger partial charge in [0, 0.05) is 6.42 Å². The normalized spacial score (nSPS) is 34.5. The second-order valence-corrected chi connectivity index (χ2v) is 5.65. The Labute approximate surface area is 108 Å². The van der Waals surface area contributed by atoms with Crippen LogP contribution in [0.2, 0.25) is 0 Å². The van der Waals surface area contributed by atoms with E-state index in [1.54, 1.807) is 0 Å². The zero-order valence-corrected chi connectivity index (χ0v) is 11.8. The van der Waals surface area contributed by atoms with Gasteiger partial charge in [-0.15, -0.1) is 0 Å². The maximum absolute atomic E-state index is 12.2. The van der Waals surface area contributed by atoms with Crippen molar-refractivity contribution in [2.75, 3.05) is 21.2 Å². The monoisotopic (exact) mass is 254 g/mol. The van der Waals surface area contributed by atoms with Crippen LogP contribution in [0.3, 0.4) is 0 Å².